The first-order valence-electron chi connectivity index (χ1n) is 7.19. The van der Waals surface area contributed by atoms with Crippen LogP contribution in [0.5, 0.6) is 0 Å². The van der Waals surface area contributed by atoms with Crippen molar-refractivity contribution in [3.63, 3.8) is 0 Å². The number of hydrogen-bond donors (Lipinski definition) is 1. The van der Waals surface area contributed by atoms with Gasteiger partial charge in [0.05, 0.1) is 0 Å². The Bertz CT molecular complexity index is 628. The van der Waals surface area contributed by atoms with E-state index in [9.17, 15) is 19.2 Å². The minimum atomic E-state index is -2.34. The highest BCUT2D eigenvalue weighted by Gasteiger charge is 2.71. The van der Waals surface area contributed by atoms with Crippen LogP contribution in [0.2, 0.25) is 0 Å². The van der Waals surface area contributed by atoms with E-state index in [1.807, 2.05) is 0 Å². The lowest BCUT2D eigenvalue weighted by molar-refractivity contribution is -0.427. The highest BCUT2D eigenvalue weighted by Crippen LogP contribution is 2.39. The van der Waals surface area contributed by atoms with Crippen molar-refractivity contribution in [2.75, 3.05) is 19.6 Å². The van der Waals surface area contributed by atoms with Gasteiger partial charge in [-0.05, 0) is 0 Å². The normalized spacial score (nSPS) is 25.5. The van der Waals surface area contributed by atoms with Gasteiger partial charge in [0, 0.05) is 43.9 Å². The number of esters is 4. The van der Waals surface area contributed by atoms with E-state index in [-0.39, 0.29) is 19.6 Å². The van der Waals surface area contributed by atoms with E-state index < -0.39 is 35.7 Å². The maximum Gasteiger partial charge on any atom is 0.419 e. The molecule has 2 spiro atoms. The average molecular weight is 338 g/mol. The van der Waals surface area contributed by atoms with Crippen LogP contribution in [0.1, 0.15) is 6.92 Å². The molecule has 0 amide bonds. The molecular formula is C14H14N2O8. The Morgan fingerprint density at radius 2 is 1.38 bits per heavy atom. The van der Waals surface area contributed by atoms with Gasteiger partial charge in [0.25, 0.3) is 0 Å². The van der Waals surface area contributed by atoms with Gasteiger partial charge in [0.2, 0.25) is 0 Å². The van der Waals surface area contributed by atoms with Crippen LogP contribution in [-0.2, 0) is 38.1 Å². The van der Waals surface area contributed by atoms with Crippen LogP contribution in [0.25, 0.3) is 0 Å². The van der Waals surface area contributed by atoms with Gasteiger partial charge in [-0.2, -0.15) is 0 Å². The zero-order chi connectivity index (χ0) is 17.4. The summed E-state index contributed by atoms with van der Waals surface area (Å²) in [6.45, 7) is 2.42. The SMILES string of the molecule is CCN1CCNC2(OC(=O)C=CC(=O)O2)C12OC(=O)C=CC(=O)O2. The zero-order valence-corrected chi connectivity index (χ0v) is 12.6. The molecule has 3 rings (SSSR count). The molecule has 0 unspecified atom stereocenters. The monoisotopic (exact) mass is 338 g/mol. The Balaban J connectivity index is 2.14. The van der Waals surface area contributed by atoms with Crippen molar-refractivity contribution in [3.8, 4) is 0 Å². The lowest BCUT2D eigenvalue weighted by Crippen LogP contribution is -2.79. The second kappa shape index (κ2) is 5.73. The molecule has 0 aromatic rings. The summed E-state index contributed by atoms with van der Waals surface area (Å²) in [5.74, 6) is -8.35. The fourth-order valence-electron chi connectivity index (χ4n) is 2.66. The number of piperazine rings is 1. The Hall–Kier alpha value is -2.72. The smallest absolute Gasteiger partial charge is 0.397 e. The minimum Gasteiger partial charge on any atom is -0.397 e. The molecule has 0 aromatic heterocycles. The molecule has 0 atom stereocenters. The van der Waals surface area contributed by atoms with Crippen LogP contribution in [0.4, 0.5) is 0 Å². The highest BCUT2D eigenvalue weighted by atomic mass is 16.8. The topological polar surface area (TPSA) is 120 Å². The summed E-state index contributed by atoms with van der Waals surface area (Å²) < 4.78 is 20.9. The number of fused-ring (bicyclic) bond motifs is 1. The van der Waals surface area contributed by atoms with E-state index in [0.717, 1.165) is 24.3 Å². The number of hydrogen-bond acceptors (Lipinski definition) is 10. The molecule has 128 valence electrons. The first-order chi connectivity index (χ1) is 11.4. The lowest BCUT2D eigenvalue weighted by atomic mass is 10.2. The second-order valence-corrected chi connectivity index (χ2v) is 5.06. The van der Waals surface area contributed by atoms with Crippen LogP contribution in [0, 0.1) is 0 Å². The third kappa shape index (κ3) is 2.45. The number of ether oxygens (including phenoxy) is 4. The van der Waals surface area contributed by atoms with E-state index in [0.29, 0.717) is 0 Å². The van der Waals surface area contributed by atoms with Crippen LogP contribution < -0.4 is 5.32 Å². The zero-order valence-electron chi connectivity index (χ0n) is 12.6. The number of carbonyl (C=O) groups is 4. The summed E-state index contributed by atoms with van der Waals surface area (Å²) >= 11 is 0. The lowest BCUT2D eigenvalue weighted by Gasteiger charge is -2.51. The number of nitrogens with one attached hydrogen (secondary N) is 1. The molecule has 0 aromatic carbocycles. The number of carbonyl (C=O) groups excluding carboxylic acids is 4. The summed E-state index contributed by atoms with van der Waals surface area (Å²) in [6.07, 6.45) is 3.45. The summed E-state index contributed by atoms with van der Waals surface area (Å²) in [7, 11) is 0. The summed E-state index contributed by atoms with van der Waals surface area (Å²) in [5, 5.41) is 2.68. The second-order valence-electron chi connectivity index (χ2n) is 5.06. The van der Waals surface area contributed by atoms with Crippen LogP contribution in [-0.4, -0.2) is 60.2 Å². The first kappa shape index (κ1) is 16.1. The van der Waals surface area contributed by atoms with Crippen molar-refractivity contribution in [1.29, 1.82) is 0 Å². The van der Waals surface area contributed by atoms with Gasteiger partial charge in [0.15, 0.2) is 0 Å². The molecular weight excluding hydrogens is 324 g/mol. The maximum atomic E-state index is 11.9. The van der Waals surface area contributed by atoms with Crippen LogP contribution in [0.3, 0.4) is 0 Å². The highest BCUT2D eigenvalue weighted by molar-refractivity contribution is 5.95. The summed E-state index contributed by atoms with van der Waals surface area (Å²) in [6, 6.07) is 0. The molecule has 24 heavy (non-hydrogen) atoms. The third-order valence-corrected chi connectivity index (χ3v) is 3.63. The summed E-state index contributed by atoms with van der Waals surface area (Å²) in [4.78, 5) is 49.1. The average Bonchev–Trinajstić information content (AvgIpc) is 2.77. The van der Waals surface area contributed by atoms with Crippen molar-refractivity contribution in [2.45, 2.75) is 18.7 Å². The van der Waals surface area contributed by atoms with Gasteiger partial charge >= 0.3 is 35.7 Å². The number of likely N-dealkylation sites (N-methyl/N-ethyl adjacent to an activating group) is 1. The van der Waals surface area contributed by atoms with Gasteiger partial charge in [-0.3, -0.25) is 0 Å². The van der Waals surface area contributed by atoms with Gasteiger partial charge < -0.3 is 18.9 Å². The van der Waals surface area contributed by atoms with Crippen molar-refractivity contribution >= 4 is 23.9 Å². The van der Waals surface area contributed by atoms with Gasteiger partial charge in [-0.15, -0.1) is 0 Å². The standard InChI is InChI=1S/C14H14N2O8/c1-2-16-8-7-15-13(21-9(17)3-4-10(18)22-13)14(16)23-11(19)5-6-12(20)24-14/h3-6,15H,2,7-8H2,1H3. The van der Waals surface area contributed by atoms with E-state index in [1.165, 1.54) is 4.90 Å². The molecule has 1 saturated heterocycles. The molecule has 10 heteroatoms. The minimum absolute atomic E-state index is 0.207. The van der Waals surface area contributed by atoms with E-state index in [2.05, 4.69) is 5.32 Å². The molecule has 1 N–H and O–H groups in total. The predicted octanol–water partition coefficient (Wildman–Crippen LogP) is -1.47. The van der Waals surface area contributed by atoms with Gasteiger partial charge in [-0.1, -0.05) is 6.92 Å². The van der Waals surface area contributed by atoms with Crippen molar-refractivity contribution in [1.82, 2.24) is 10.2 Å². The molecule has 1 fully saturated rings. The Morgan fingerprint density at radius 1 is 0.917 bits per heavy atom. The maximum absolute atomic E-state index is 11.9. The first-order valence-corrected chi connectivity index (χ1v) is 7.19. The van der Waals surface area contributed by atoms with Crippen molar-refractivity contribution in [2.24, 2.45) is 0 Å². The fourth-order valence-corrected chi connectivity index (χ4v) is 2.66. The quantitative estimate of drug-likeness (QED) is 0.567. The molecule has 0 aliphatic carbocycles. The fraction of sp³-hybridized carbons (Fsp3) is 0.429. The summed E-state index contributed by atoms with van der Waals surface area (Å²) in [5.41, 5.74) is 0. The molecule has 0 radical (unpaired) electrons. The Morgan fingerprint density at radius 3 is 1.83 bits per heavy atom. The van der Waals surface area contributed by atoms with Gasteiger partial charge in [0.1, 0.15) is 0 Å². The molecule has 0 bridgehead atoms. The van der Waals surface area contributed by atoms with E-state index in [1.54, 1.807) is 6.92 Å². The Kier molecular flexibility index (Phi) is 3.85. The van der Waals surface area contributed by atoms with Crippen LogP contribution >= 0.6 is 0 Å². The van der Waals surface area contributed by atoms with Crippen LogP contribution in [0.15, 0.2) is 24.3 Å². The molecule has 3 heterocycles. The van der Waals surface area contributed by atoms with E-state index >= 15 is 0 Å². The largest absolute Gasteiger partial charge is 0.419 e. The third-order valence-electron chi connectivity index (χ3n) is 3.63. The Labute approximate surface area is 135 Å². The molecule has 3 aliphatic heterocycles. The number of nitrogens with zero attached hydrogens (tertiary/aromatic N) is 1. The van der Waals surface area contributed by atoms with Crippen molar-refractivity contribution in [3.05, 3.63) is 24.3 Å². The van der Waals surface area contributed by atoms with Crippen molar-refractivity contribution < 1.29 is 38.1 Å². The molecule has 3 aliphatic rings. The van der Waals surface area contributed by atoms with Gasteiger partial charge in [-0.25, -0.2) is 29.4 Å². The van der Waals surface area contributed by atoms with E-state index in [4.69, 9.17) is 18.9 Å². The predicted molar refractivity (Wildman–Crippen MR) is 73.4 cm³/mol. The molecule has 10 nitrogen and oxygen atoms in total. The molecule has 0 saturated carbocycles. The number of rotatable bonds is 1.